The molecule has 0 heterocycles. The predicted molar refractivity (Wildman–Crippen MR) is 60.5 cm³/mol. The van der Waals surface area contributed by atoms with Crippen LogP contribution in [0.1, 0.15) is 36.2 Å². The predicted octanol–water partition coefficient (Wildman–Crippen LogP) is 1.91. The lowest BCUT2D eigenvalue weighted by Crippen LogP contribution is -2.37. The molecule has 0 saturated heterocycles. The second-order valence-corrected chi connectivity index (χ2v) is 5.02. The first-order valence-electron chi connectivity index (χ1n) is 5.45. The first-order chi connectivity index (χ1) is 7.38. The molecule has 0 saturated carbocycles. The summed E-state index contributed by atoms with van der Waals surface area (Å²) < 4.78 is 0. The van der Waals surface area contributed by atoms with Crippen LogP contribution in [0.5, 0.6) is 5.75 Å². The van der Waals surface area contributed by atoms with Gasteiger partial charge in [0, 0.05) is 12.0 Å². The summed E-state index contributed by atoms with van der Waals surface area (Å²) in [6.07, 6.45) is 1.03. The molecule has 0 radical (unpaired) electrons. The van der Waals surface area contributed by atoms with Crippen LogP contribution in [-0.4, -0.2) is 21.6 Å². The van der Waals surface area contributed by atoms with Crippen LogP contribution in [0.25, 0.3) is 0 Å². The second kappa shape index (κ2) is 3.59. The Hall–Kier alpha value is -1.35. The molecular weight excluding hydrogens is 204 g/mol. The van der Waals surface area contributed by atoms with Crippen molar-refractivity contribution in [1.82, 2.24) is 0 Å². The zero-order valence-electron chi connectivity index (χ0n) is 9.53. The zero-order valence-corrected chi connectivity index (χ0v) is 9.53. The van der Waals surface area contributed by atoms with E-state index in [4.69, 9.17) is 0 Å². The smallest absolute Gasteiger partial charge is 0.163 e. The van der Waals surface area contributed by atoms with E-state index in [1.165, 1.54) is 6.07 Å². The lowest BCUT2D eigenvalue weighted by molar-refractivity contribution is 0.0117. The SMILES string of the molecule is CC(C)(O)[C@@H]1CC(=O)c2cc(O)ccc2C1. The van der Waals surface area contributed by atoms with E-state index in [1.54, 1.807) is 26.0 Å². The van der Waals surface area contributed by atoms with Crippen molar-refractivity contribution in [2.75, 3.05) is 0 Å². The van der Waals surface area contributed by atoms with E-state index in [1.807, 2.05) is 0 Å². The maximum atomic E-state index is 11.9. The fourth-order valence-corrected chi connectivity index (χ4v) is 2.17. The Kier molecular flexibility index (Phi) is 2.50. The average Bonchev–Trinajstić information content (AvgIpc) is 2.17. The standard InChI is InChI=1S/C13H16O3/c1-13(2,16)9-5-8-3-4-10(14)7-11(8)12(15)6-9/h3-4,7,9,14,16H,5-6H2,1-2H3/t9-/m0/s1. The molecule has 1 aromatic carbocycles. The van der Waals surface area contributed by atoms with Gasteiger partial charge >= 0.3 is 0 Å². The van der Waals surface area contributed by atoms with Crippen molar-refractivity contribution in [3.05, 3.63) is 29.3 Å². The third-order valence-corrected chi connectivity index (χ3v) is 3.29. The van der Waals surface area contributed by atoms with E-state index in [9.17, 15) is 15.0 Å². The Morgan fingerprint density at radius 3 is 2.62 bits per heavy atom. The Morgan fingerprint density at radius 2 is 2.00 bits per heavy atom. The fraction of sp³-hybridized carbons (Fsp3) is 0.462. The number of ketones is 1. The second-order valence-electron chi connectivity index (χ2n) is 5.02. The Bertz CT molecular complexity index is 429. The highest BCUT2D eigenvalue weighted by Crippen LogP contribution is 2.33. The number of aromatic hydroxyl groups is 1. The summed E-state index contributed by atoms with van der Waals surface area (Å²) in [6, 6.07) is 4.86. The van der Waals surface area contributed by atoms with Crippen molar-refractivity contribution in [3.8, 4) is 5.75 Å². The van der Waals surface area contributed by atoms with Crippen molar-refractivity contribution in [2.45, 2.75) is 32.3 Å². The van der Waals surface area contributed by atoms with Gasteiger partial charge in [-0.25, -0.2) is 0 Å². The normalized spacial score (nSPS) is 20.7. The number of Topliss-reactive ketones (excluding diaryl/α,β-unsaturated/α-hetero) is 1. The highest BCUT2D eigenvalue weighted by molar-refractivity contribution is 5.99. The zero-order chi connectivity index (χ0) is 11.9. The molecule has 86 valence electrons. The maximum Gasteiger partial charge on any atom is 0.163 e. The van der Waals surface area contributed by atoms with Gasteiger partial charge in [-0.15, -0.1) is 0 Å². The van der Waals surface area contributed by atoms with E-state index in [0.29, 0.717) is 18.4 Å². The molecule has 0 amide bonds. The van der Waals surface area contributed by atoms with Crippen LogP contribution < -0.4 is 0 Å². The van der Waals surface area contributed by atoms with Gasteiger partial charge in [0.1, 0.15) is 5.75 Å². The molecule has 0 spiro atoms. The third-order valence-electron chi connectivity index (χ3n) is 3.29. The van der Waals surface area contributed by atoms with E-state index >= 15 is 0 Å². The first-order valence-corrected chi connectivity index (χ1v) is 5.45. The highest BCUT2D eigenvalue weighted by atomic mass is 16.3. The Labute approximate surface area is 94.7 Å². The molecule has 1 aliphatic rings. The number of hydrogen-bond acceptors (Lipinski definition) is 3. The summed E-state index contributed by atoms with van der Waals surface area (Å²) in [5.74, 6) is 0.0788. The number of benzene rings is 1. The minimum atomic E-state index is -0.842. The molecule has 0 unspecified atom stereocenters. The van der Waals surface area contributed by atoms with Crippen molar-refractivity contribution in [3.63, 3.8) is 0 Å². The lowest BCUT2D eigenvalue weighted by atomic mass is 9.75. The van der Waals surface area contributed by atoms with Crippen LogP contribution in [0.3, 0.4) is 0 Å². The minimum Gasteiger partial charge on any atom is -0.508 e. The highest BCUT2D eigenvalue weighted by Gasteiger charge is 2.34. The van der Waals surface area contributed by atoms with Gasteiger partial charge in [0.05, 0.1) is 5.60 Å². The number of rotatable bonds is 1. The van der Waals surface area contributed by atoms with Gasteiger partial charge < -0.3 is 10.2 Å². The average molecular weight is 220 g/mol. The van der Waals surface area contributed by atoms with Crippen molar-refractivity contribution in [2.24, 2.45) is 5.92 Å². The van der Waals surface area contributed by atoms with Gasteiger partial charge in [0.25, 0.3) is 0 Å². The molecule has 2 rings (SSSR count). The summed E-state index contributed by atoms with van der Waals surface area (Å²) in [7, 11) is 0. The third kappa shape index (κ3) is 1.95. The van der Waals surface area contributed by atoms with E-state index in [-0.39, 0.29) is 17.5 Å². The van der Waals surface area contributed by atoms with Crippen molar-refractivity contribution in [1.29, 1.82) is 0 Å². The number of phenolic OH excluding ortho intramolecular Hbond substituents is 1. The summed E-state index contributed by atoms with van der Waals surface area (Å²) in [5, 5.41) is 19.3. The van der Waals surface area contributed by atoms with Gasteiger partial charge in [-0.05, 0) is 43.9 Å². The van der Waals surface area contributed by atoms with Crippen LogP contribution in [-0.2, 0) is 6.42 Å². The molecule has 0 aliphatic heterocycles. The summed E-state index contributed by atoms with van der Waals surface area (Å²) >= 11 is 0. The molecule has 2 N–H and O–H groups in total. The van der Waals surface area contributed by atoms with Gasteiger partial charge in [-0.1, -0.05) is 6.07 Å². The molecule has 0 bridgehead atoms. The largest absolute Gasteiger partial charge is 0.508 e. The number of carbonyl (C=O) groups is 1. The summed E-state index contributed by atoms with van der Waals surface area (Å²) in [6.45, 7) is 3.46. The van der Waals surface area contributed by atoms with Gasteiger partial charge in [0.2, 0.25) is 0 Å². The molecule has 3 nitrogen and oxygen atoms in total. The molecule has 16 heavy (non-hydrogen) atoms. The molecule has 3 heteroatoms. The van der Waals surface area contributed by atoms with Crippen LogP contribution in [0.15, 0.2) is 18.2 Å². The first kappa shape index (κ1) is 11.1. The monoisotopic (exact) mass is 220 g/mol. The van der Waals surface area contributed by atoms with Crippen LogP contribution >= 0.6 is 0 Å². The van der Waals surface area contributed by atoms with Crippen LogP contribution in [0, 0.1) is 5.92 Å². The fourth-order valence-electron chi connectivity index (χ4n) is 2.17. The Morgan fingerprint density at radius 1 is 1.31 bits per heavy atom. The number of aliphatic hydroxyl groups is 1. The molecule has 1 atom stereocenters. The van der Waals surface area contributed by atoms with Crippen molar-refractivity contribution >= 4 is 5.78 Å². The molecule has 0 aromatic heterocycles. The summed E-state index contributed by atoms with van der Waals surface area (Å²) in [4.78, 5) is 11.9. The van der Waals surface area contributed by atoms with E-state index in [0.717, 1.165) is 5.56 Å². The quantitative estimate of drug-likeness (QED) is 0.760. The van der Waals surface area contributed by atoms with Gasteiger partial charge in [0.15, 0.2) is 5.78 Å². The molecule has 1 aromatic rings. The maximum absolute atomic E-state index is 11.9. The van der Waals surface area contributed by atoms with Crippen LogP contribution in [0.4, 0.5) is 0 Å². The summed E-state index contributed by atoms with van der Waals surface area (Å²) in [5.41, 5.74) is 0.673. The number of fused-ring (bicyclic) bond motifs is 1. The Balaban J connectivity index is 2.38. The topological polar surface area (TPSA) is 57.5 Å². The van der Waals surface area contributed by atoms with E-state index < -0.39 is 5.60 Å². The number of carbonyl (C=O) groups excluding carboxylic acids is 1. The number of hydrogen-bond donors (Lipinski definition) is 2. The van der Waals surface area contributed by atoms with E-state index in [2.05, 4.69) is 0 Å². The van der Waals surface area contributed by atoms with Crippen LogP contribution in [0.2, 0.25) is 0 Å². The molecule has 1 aliphatic carbocycles. The number of phenols is 1. The molecular formula is C13H16O3. The van der Waals surface area contributed by atoms with Gasteiger partial charge in [-0.2, -0.15) is 0 Å². The van der Waals surface area contributed by atoms with Gasteiger partial charge in [-0.3, -0.25) is 4.79 Å². The van der Waals surface area contributed by atoms with Crippen molar-refractivity contribution < 1.29 is 15.0 Å². The minimum absolute atomic E-state index is 0.00396. The molecule has 0 fully saturated rings. The lowest BCUT2D eigenvalue weighted by Gasteiger charge is -2.32.